The van der Waals surface area contributed by atoms with Crippen molar-refractivity contribution in [1.29, 1.82) is 0 Å². The standard InChI is InChI=1S/C77H53N7/c1-46-76-69-44-54(31-34-67(69)74-71(24-14-37-78-74)83(76)48(3)81-46)61-19-9-12-22-64(61)58-41-57(63-21-11-8-18-60(63)51-26-28-52(29-27-51)73-66-33-30-53(40-56(66)36-39-80-73)50-16-6-5-7-17-50)42-59(43-58)65-23-13-10-20-62(65)55-32-35-68-70(45-55)77-47(2)82-49(4)84(77)72-25-15-38-79-75(68)72/h5-45H,1-4H3. The van der Waals surface area contributed by atoms with Gasteiger partial charge in [0, 0.05) is 51.1 Å². The second-order valence-electron chi connectivity index (χ2n) is 22.1. The Morgan fingerprint density at radius 3 is 1.19 bits per heavy atom. The molecule has 0 saturated heterocycles. The number of rotatable bonds is 8. The van der Waals surface area contributed by atoms with E-state index in [-0.39, 0.29) is 0 Å². The second-order valence-corrected chi connectivity index (χ2v) is 22.1. The van der Waals surface area contributed by atoms with Crippen molar-refractivity contribution in [3.8, 4) is 89.1 Å². The maximum absolute atomic E-state index is 5.00. The van der Waals surface area contributed by atoms with Gasteiger partial charge in [-0.3, -0.25) is 23.8 Å². The van der Waals surface area contributed by atoms with Gasteiger partial charge in [-0.25, -0.2) is 9.97 Å². The Morgan fingerprint density at radius 2 is 0.690 bits per heavy atom. The van der Waals surface area contributed by atoms with Crippen LogP contribution in [0.2, 0.25) is 0 Å². The van der Waals surface area contributed by atoms with Gasteiger partial charge in [0.05, 0.1) is 50.2 Å². The van der Waals surface area contributed by atoms with Crippen molar-refractivity contribution in [2.45, 2.75) is 27.7 Å². The van der Waals surface area contributed by atoms with E-state index in [1.54, 1.807) is 0 Å². The molecular formula is C77H53N7. The molecule has 0 aliphatic rings. The quantitative estimate of drug-likeness (QED) is 0.142. The second kappa shape index (κ2) is 19.4. The molecular weight excluding hydrogens is 1020 g/mol. The Kier molecular flexibility index (Phi) is 11.3. The first kappa shape index (κ1) is 49.0. The van der Waals surface area contributed by atoms with E-state index in [0.29, 0.717) is 0 Å². The molecule has 0 atom stereocenters. The largest absolute Gasteiger partial charge is 0.294 e. The number of aryl methyl sites for hydroxylation is 4. The third kappa shape index (κ3) is 7.84. The van der Waals surface area contributed by atoms with Gasteiger partial charge in [-0.15, -0.1) is 0 Å². The van der Waals surface area contributed by atoms with Crippen LogP contribution in [0.4, 0.5) is 0 Å². The molecule has 9 aromatic carbocycles. The third-order valence-electron chi connectivity index (χ3n) is 17.2. The molecule has 0 amide bonds. The summed E-state index contributed by atoms with van der Waals surface area (Å²) in [4.78, 5) is 24.8. The average molecular weight is 1080 g/mol. The van der Waals surface area contributed by atoms with Crippen LogP contribution in [0.1, 0.15) is 23.0 Å². The summed E-state index contributed by atoms with van der Waals surface area (Å²) in [5.41, 5.74) is 26.2. The van der Waals surface area contributed by atoms with Gasteiger partial charge in [-0.05, 0) is 178 Å². The lowest BCUT2D eigenvalue weighted by Crippen LogP contribution is -1.96. The molecule has 0 aliphatic carbocycles. The van der Waals surface area contributed by atoms with Crippen molar-refractivity contribution in [2.75, 3.05) is 0 Å². The number of pyridine rings is 5. The molecule has 0 aliphatic heterocycles. The van der Waals surface area contributed by atoms with Crippen LogP contribution < -0.4 is 0 Å². The zero-order valence-electron chi connectivity index (χ0n) is 46.8. The van der Waals surface area contributed by atoms with Gasteiger partial charge in [0.25, 0.3) is 0 Å². The van der Waals surface area contributed by atoms with E-state index < -0.39 is 0 Å². The van der Waals surface area contributed by atoms with E-state index in [9.17, 15) is 0 Å². The smallest absolute Gasteiger partial charge is 0.110 e. The fourth-order valence-corrected chi connectivity index (χ4v) is 13.4. The van der Waals surface area contributed by atoms with Crippen LogP contribution in [-0.4, -0.2) is 33.7 Å². The van der Waals surface area contributed by atoms with Crippen LogP contribution in [0.3, 0.4) is 0 Å². The number of imidazole rings is 2. The van der Waals surface area contributed by atoms with Crippen LogP contribution in [0, 0.1) is 27.7 Å². The number of benzene rings is 9. The summed E-state index contributed by atoms with van der Waals surface area (Å²) < 4.78 is 4.54. The zero-order valence-corrected chi connectivity index (χ0v) is 46.8. The molecule has 0 N–H and O–H groups in total. The molecule has 0 saturated carbocycles. The van der Waals surface area contributed by atoms with Crippen LogP contribution in [0.5, 0.6) is 0 Å². The molecule has 0 fully saturated rings. The summed E-state index contributed by atoms with van der Waals surface area (Å²) >= 11 is 0. The Hall–Kier alpha value is -10.9. The van der Waals surface area contributed by atoms with E-state index in [4.69, 9.17) is 24.9 Å². The predicted molar refractivity (Wildman–Crippen MR) is 347 cm³/mol. The highest BCUT2D eigenvalue weighted by atomic mass is 15.0. The zero-order chi connectivity index (χ0) is 56.2. The predicted octanol–water partition coefficient (Wildman–Crippen LogP) is 19.5. The van der Waals surface area contributed by atoms with Gasteiger partial charge in [0.1, 0.15) is 11.6 Å². The maximum atomic E-state index is 5.00. The molecule has 0 unspecified atom stereocenters. The molecule has 16 aromatic rings. The van der Waals surface area contributed by atoms with Crippen molar-refractivity contribution in [3.05, 3.63) is 272 Å². The lowest BCUT2D eigenvalue weighted by atomic mass is 9.86. The first-order valence-electron chi connectivity index (χ1n) is 28.6. The summed E-state index contributed by atoms with van der Waals surface area (Å²) in [7, 11) is 0. The van der Waals surface area contributed by atoms with Crippen LogP contribution >= 0.6 is 0 Å². The maximum Gasteiger partial charge on any atom is 0.110 e. The first-order valence-corrected chi connectivity index (χ1v) is 28.6. The van der Waals surface area contributed by atoms with Crippen LogP contribution in [-0.2, 0) is 0 Å². The number of fused-ring (bicyclic) bond motifs is 13. The summed E-state index contributed by atoms with van der Waals surface area (Å²) in [5, 5.41) is 6.75. The minimum absolute atomic E-state index is 0.947. The van der Waals surface area contributed by atoms with Crippen LogP contribution in [0.25, 0.3) is 155 Å². The van der Waals surface area contributed by atoms with Crippen molar-refractivity contribution in [1.82, 2.24) is 33.7 Å². The van der Waals surface area contributed by atoms with Crippen molar-refractivity contribution < 1.29 is 0 Å². The number of hydrogen-bond acceptors (Lipinski definition) is 5. The molecule has 7 aromatic heterocycles. The Bertz CT molecular complexity index is 5140. The highest BCUT2D eigenvalue weighted by molar-refractivity contribution is 6.14. The minimum atomic E-state index is 0.947. The average Bonchev–Trinajstić information content (AvgIpc) is 3.86. The van der Waals surface area contributed by atoms with Crippen LogP contribution in [0.15, 0.2) is 249 Å². The lowest BCUT2D eigenvalue weighted by Gasteiger charge is -2.18. The Balaban J connectivity index is 0.873. The lowest BCUT2D eigenvalue weighted by molar-refractivity contribution is 1.07. The monoisotopic (exact) mass is 1080 g/mol. The van der Waals surface area contributed by atoms with Gasteiger partial charge in [-0.1, -0.05) is 164 Å². The Labute approximate surface area is 485 Å². The van der Waals surface area contributed by atoms with Gasteiger partial charge >= 0.3 is 0 Å². The SMILES string of the molecule is Cc1nc(C)n2c3cccnc3c3ccc(-c4ccccc4-c4cc(-c5ccccc5-c5ccc(-c6nccc7cc(-c8ccccc8)ccc67)cc5)cc(-c5ccccc5-c5ccc6c(c5)c5c(C)nc(C)n5c5cccnc65)c4)cc3c12. The van der Waals surface area contributed by atoms with Crippen molar-refractivity contribution in [2.24, 2.45) is 0 Å². The molecule has 7 heteroatoms. The third-order valence-corrected chi connectivity index (χ3v) is 17.2. The fourth-order valence-electron chi connectivity index (χ4n) is 13.4. The van der Waals surface area contributed by atoms with E-state index in [2.05, 4.69) is 255 Å². The molecule has 16 rings (SSSR count). The minimum Gasteiger partial charge on any atom is -0.294 e. The number of aromatic nitrogens is 7. The summed E-state index contributed by atoms with van der Waals surface area (Å²) in [6.45, 7) is 8.39. The number of hydrogen-bond donors (Lipinski definition) is 0. The topological polar surface area (TPSA) is 73.3 Å². The molecule has 84 heavy (non-hydrogen) atoms. The first-order chi connectivity index (χ1) is 41.3. The Morgan fingerprint density at radius 1 is 0.274 bits per heavy atom. The van der Waals surface area contributed by atoms with Gasteiger partial charge < -0.3 is 0 Å². The summed E-state index contributed by atoms with van der Waals surface area (Å²) in [6, 6.07) is 84.0. The normalized spacial score (nSPS) is 11.8. The van der Waals surface area contributed by atoms with Gasteiger partial charge in [-0.2, -0.15) is 0 Å². The molecule has 396 valence electrons. The molecule has 7 heterocycles. The molecule has 0 radical (unpaired) electrons. The highest BCUT2D eigenvalue weighted by Crippen LogP contribution is 2.45. The van der Waals surface area contributed by atoms with Crippen molar-refractivity contribution >= 4 is 65.4 Å². The number of nitrogens with zero attached hydrogens (tertiary/aromatic N) is 7. The van der Waals surface area contributed by atoms with E-state index >= 15 is 0 Å². The summed E-state index contributed by atoms with van der Waals surface area (Å²) in [5.74, 6) is 1.89. The molecule has 7 nitrogen and oxygen atoms in total. The summed E-state index contributed by atoms with van der Waals surface area (Å²) in [6.07, 6.45) is 5.70. The van der Waals surface area contributed by atoms with Crippen molar-refractivity contribution in [3.63, 3.8) is 0 Å². The van der Waals surface area contributed by atoms with E-state index in [0.717, 1.165) is 166 Å². The molecule has 0 bridgehead atoms. The van der Waals surface area contributed by atoms with E-state index in [1.807, 2.05) is 30.7 Å². The van der Waals surface area contributed by atoms with E-state index in [1.165, 1.54) is 11.1 Å². The van der Waals surface area contributed by atoms with Gasteiger partial charge in [0.2, 0.25) is 0 Å². The van der Waals surface area contributed by atoms with Gasteiger partial charge in [0.15, 0.2) is 0 Å². The fraction of sp³-hybridized carbons (Fsp3) is 0.0519. The highest BCUT2D eigenvalue weighted by Gasteiger charge is 2.21. The molecule has 0 spiro atoms.